The van der Waals surface area contributed by atoms with Crippen LogP contribution in [0, 0.1) is 11.8 Å². The summed E-state index contributed by atoms with van der Waals surface area (Å²) in [5, 5.41) is 9.46. The molecule has 0 aliphatic heterocycles. The standard InChI is InChI=1S/C11H22O2/c1-8(9(2)12)10-4-6-11(13-3)7-5-10/h8-12H,4-7H2,1-3H3. The number of methoxy groups -OCH3 is 1. The van der Waals surface area contributed by atoms with Crippen LogP contribution < -0.4 is 0 Å². The van der Waals surface area contributed by atoms with Crippen molar-refractivity contribution in [3.05, 3.63) is 0 Å². The van der Waals surface area contributed by atoms with Gasteiger partial charge in [-0.15, -0.1) is 0 Å². The van der Waals surface area contributed by atoms with Gasteiger partial charge in [0.05, 0.1) is 12.2 Å². The minimum Gasteiger partial charge on any atom is -0.393 e. The van der Waals surface area contributed by atoms with Crippen LogP contribution in [0.15, 0.2) is 0 Å². The van der Waals surface area contributed by atoms with Gasteiger partial charge >= 0.3 is 0 Å². The van der Waals surface area contributed by atoms with Gasteiger partial charge in [0.15, 0.2) is 0 Å². The van der Waals surface area contributed by atoms with Crippen LogP contribution in [0.1, 0.15) is 39.5 Å². The molecule has 1 rings (SSSR count). The molecule has 1 fully saturated rings. The van der Waals surface area contributed by atoms with Gasteiger partial charge in [-0.25, -0.2) is 0 Å². The summed E-state index contributed by atoms with van der Waals surface area (Å²) >= 11 is 0. The molecule has 1 saturated carbocycles. The molecule has 0 radical (unpaired) electrons. The minimum atomic E-state index is -0.163. The fourth-order valence-corrected chi connectivity index (χ4v) is 2.24. The van der Waals surface area contributed by atoms with Crippen LogP contribution in [0.2, 0.25) is 0 Å². The minimum absolute atomic E-state index is 0.163. The highest BCUT2D eigenvalue weighted by atomic mass is 16.5. The Bertz CT molecular complexity index is 137. The Morgan fingerprint density at radius 3 is 2.08 bits per heavy atom. The number of hydrogen-bond donors (Lipinski definition) is 1. The van der Waals surface area contributed by atoms with E-state index in [-0.39, 0.29) is 6.10 Å². The van der Waals surface area contributed by atoms with Crippen molar-refractivity contribution in [1.29, 1.82) is 0 Å². The van der Waals surface area contributed by atoms with E-state index in [0.717, 1.165) is 12.8 Å². The summed E-state index contributed by atoms with van der Waals surface area (Å²) in [4.78, 5) is 0. The van der Waals surface area contributed by atoms with Gasteiger partial charge in [-0.1, -0.05) is 6.92 Å². The molecule has 0 heterocycles. The van der Waals surface area contributed by atoms with Crippen LogP contribution in [-0.2, 0) is 4.74 Å². The van der Waals surface area contributed by atoms with E-state index in [1.807, 2.05) is 6.92 Å². The first-order valence-corrected chi connectivity index (χ1v) is 5.36. The van der Waals surface area contributed by atoms with E-state index in [1.54, 1.807) is 7.11 Å². The highest BCUT2D eigenvalue weighted by Crippen LogP contribution is 2.32. The molecule has 0 bridgehead atoms. The van der Waals surface area contributed by atoms with Crippen LogP contribution in [0.5, 0.6) is 0 Å². The Morgan fingerprint density at radius 1 is 1.15 bits per heavy atom. The van der Waals surface area contributed by atoms with Crippen LogP contribution in [0.25, 0.3) is 0 Å². The van der Waals surface area contributed by atoms with Gasteiger partial charge in [0.2, 0.25) is 0 Å². The van der Waals surface area contributed by atoms with E-state index >= 15 is 0 Å². The van der Waals surface area contributed by atoms with Crippen molar-refractivity contribution in [3.8, 4) is 0 Å². The van der Waals surface area contributed by atoms with Crippen molar-refractivity contribution in [3.63, 3.8) is 0 Å². The maximum Gasteiger partial charge on any atom is 0.0571 e. The average Bonchev–Trinajstić information content (AvgIpc) is 2.17. The molecule has 78 valence electrons. The summed E-state index contributed by atoms with van der Waals surface area (Å²) in [6, 6.07) is 0. The zero-order valence-electron chi connectivity index (χ0n) is 8.99. The topological polar surface area (TPSA) is 29.5 Å². The zero-order chi connectivity index (χ0) is 9.84. The monoisotopic (exact) mass is 186 g/mol. The number of ether oxygens (including phenoxy) is 1. The van der Waals surface area contributed by atoms with E-state index in [4.69, 9.17) is 4.74 Å². The van der Waals surface area contributed by atoms with E-state index in [1.165, 1.54) is 12.8 Å². The van der Waals surface area contributed by atoms with Crippen molar-refractivity contribution in [1.82, 2.24) is 0 Å². The molecule has 2 nitrogen and oxygen atoms in total. The quantitative estimate of drug-likeness (QED) is 0.732. The van der Waals surface area contributed by atoms with Gasteiger partial charge in [-0.2, -0.15) is 0 Å². The third-order valence-corrected chi connectivity index (χ3v) is 3.56. The van der Waals surface area contributed by atoms with Gasteiger partial charge in [-0.05, 0) is 44.4 Å². The first-order chi connectivity index (χ1) is 6.15. The Morgan fingerprint density at radius 2 is 1.69 bits per heavy atom. The fraction of sp³-hybridized carbons (Fsp3) is 1.00. The third-order valence-electron chi connectivity index (χ3n) is 3.56. The molecule has 0 amide bonds. The molecule has 0 aromatic carbocycles. The second-order valence-corrected chi connectivity index (χ2v) is 4.37. The summed E-state index contributed by atoms with van der Waals surface area (Å²) < 4.78 is 5.32. The molecule has 0 spiro atoms. The van der Waals surface area contributed by atoms with Crippen molar-refractivity contribution < 1.29 is 9.84 Å². The van der Waals surface area contributed by atoms with E-state index in [9.17, 15) is 5.11 Å². The SMILES string of the molecule is COC1CCC(C(C)C(C)O)CC1. The van der Waals surface area contributed by atoms with Crippen LogP contribution in [0.4, 0.5) is 0 Å². The normalized spacial score (nSPS) is 34.2. The van der Waals surface area contributed by atoms with Gasteiger partial charge < -0.3 is 9.84 Å². The Hall–Kier alpha value is -0.0800. The predicted molar refractivity (Wildman–Crippen MR) is 53.6 cm³/mol. The summed E-state index contributed by atoms with van der Waals surface area (Å²) in [5.41, 5.74) is 0. The lowest BCUT2D eigenvalue weighted by Crippen LogP contribution is -2.29. The maximum atomic E-state index is 9.46. The number of aliphatic hydroxyl groups is 1. The summed E-state index contributed by atoms with van der Waals surface area (Å²) in [7, 11) is 1.79. The molecule has 1 aliphatic rings. The first-order valence-electron chi connectivity index (χ1n) is 5.36. The molecular weight excluding hydrogens is 164 g/mol. The highest BCUT2D eigenvalue weighted by molar-refractivity contribution is 4.78. The van der Waals surface area contributed by atoms with Gasteiger partial charge in [0.25, 0.3) is 0 Å². The van der Waals surface area contributed by atoms with Crippen LogP contribution >= 0.6 is 0 Å². The van der Waals surface area contributed by atoms with E-state index in [0.29, 0.717) is 17.9 Å². The van der Waals surface area contributed by atoms with Crippen molar-refractivity contribution in [2.45, 2.75) is 51.7 Å². The van der Waals surface area contributed by atoms with E-state index in [2.05, 4.69) is 6.92 Å². The van der Waals surface area contributed by atoms with Gasteiger partial charge in [-0.3, -0.25) is 0 Å². The molecule has 0 aromatic heterocycles. The molecule has 0 aromatic rings. The van der Waals surface area contributed by atoms with E-state index < -0.39 is 0 Å². The number of aliphatic hydroxyl groups excluding tert-OH is 1. The third kappa shape index (κ3) is 2.96. The van der Waals surface area contributed by atoms with Crippen molar-refractivity contribution in [2.24, 2.45) is 11.8 Å². The molecule has 2 heteroatoms. The zero-order valence-corrected chi connectivity index (χ0v) is 8.99. The molecule has 1 aliphatic carbocycles. The fourth-order valence-electron chi connectivity index (χ4n) is 2.24. The summed E-state index contributed by atoms with van der Waals surface area (Å²) in [5.74, 6) is 1.14. The largest absolute Gasteiger partial charge is 0.393 e. The van der Waals surface area contributed by atoms with Crippen molar-refractivity contribution >= 4 is 0 Å². The Kier molecular flexibility index (Phi) is 4.20. The average molecular weight is 186 g/mol. The number of hydrogen-bond acceptors (Lipinski definition) is 2. The van der Waals surface area contributed by atoms with Crippen LogP contribution in [-0.4, -0.2) is 24.4 Å². The lowest BCUT2D eigenvalue weighted by atomic mass is 9.78. The summed E-state index contributed by atoms with van der Waals surface area (Å²) in [6.45, 7) is 4.05. The predicted octanol–water partition coefficient (Wildman–Crippen LogP) is 2.21. The van der Waals surface area contributed by atoms with Gasteiger partial charge in [0, 0.05) is 7.11 Å². The first kappa shape index (κ1) is 11.0. The Balaban J connectivity index is 2.32. The molecule has 2 atom stereocenters. The Labute approximate surface area is 81.3 Å². The molecular formula is C11H22O2. The van der Waals surface area contributed by atoms with Crippen LogP contribution in [0.3, 0.4) is 0 Å². The maximum absolute atomic E-state index is 9.46. The van der Waals surface area contributed by atoms with Crippen molar-refractivity contribution in [2.75, 3.05) is 7.11 Å². The number of rotatable bonds is 3. The second kappa shape index (κ2) is 4.97. The lowest BCUT2D eigenvalue weighted by Gasteiger charge is -2.32. The lowest BCUT2D eigenvalue weighted by molar-refractivity contribution is 0.0250. The molecule has 1 N–H and O–H groups in total. The summed E-state index contributed by atoms with van der Waals surface area (Å²) in [6.07, 6.45) is 5.06. The van der Waals surface area contributed by atoms with Gasteiger partial charge in [0.1, 0.15) is 0 Å². The molecule has 2 unspecified atom stereocenters. The molecule has 13 heavy (non-hydrogen) atoms. The smallest absolute Gasteiger partial charge is 0.0571 e. The molecule has 0 saturated heterocycles. The highest BCUT2D eigenvalue weighted by Gasteiger charge is 2.27. The second-order valence-electron chi connectivity index (χ2n) is 4.37.